The minimum Gasteiger partial charge on any atom is -0.469 e. The molecule has 1 saturated carbocycles. The Morgan fingerprint density at radius 2 is 2.40 bits per heavy atom. The van der Waals surface area contributed by atoms with Crippen molar-refractivity contribution in [3.8, 4) is 0 Å². The van der Waals surface area contributed by atoms with Crippen LogP contribution in [0.3, 0.4) is 0 Å². The van der Waals surface area contributed by atoms with Crippen LogP contribution in [0.1, 0.15) is 31.9 Å². The Balaban J connectivity index is 1.62. The lowest BCUT2D eigenvalue weighted by Gasteiger charge is -2.35. The highest BCUT2D eigenvalue weighted by atomic mass is 16.3. The number of hydrogen-bond donors (Lipinski definition) is 2. The Kier molecular flexibility index (Phi) is 3.44. The molecule has 0 amide bonds. The van der Waals surface area contributed by atoms with Gasteiger partial charge in [0.15, 0.2) is 0 Å². The van der Waals surface area contributed by atoms with Gasteiger partial charge in [-0.05, 0) is 38.3 Å². The third-order valence-corrected chi connectivity index (χ3v) is 3.10. The summed E-state index contributed by atoms with van der Waals surface area (Å²) >= 11 is 0. The number of furan rings is 1. The Morgan fingerprint density at radius 3 is 3.00 bits per heavy atom. The Hall–Kier alpha value is -0.800. The standard InChI is InChI=1S/C12H20N2O/c1-9(14-11-7-10(13)8-11)4-5-12-3-2-6-15-12/h2-3,6,9-11,14H,4-5,7-8,13H2,1H3. The third kappa shape index (κ3) is 3.08. The summed E-state index contributed by atoms with van der Waals surface area (Å²) in [6, 6.07) is 5.60. The monoisotopic (exact) mass is 208 g/mol. The van der Waals surface area contributed by atoms with Gasteiger partial charge in [0.05, 0.1) is 6.26 Å². The van der Waals surface area contributed by atoms with E-state index in [1.54, 1.807) is 6.26 Å². The zero-order valence-electron chi connectivity index (χ0n) is 9.28. The van der Waals surface area contributed by atoms with E-state index in [0.717, 1.165) is 31.4 Å². The maximum Gasteiger partial charge on any atom is 0.103 e. The van der Waals surface area contributed by atoms with Crippen molar-refractivity contribution in [1.29, 1.82) is 0 Å². The molecule has 1 atom stereocenters. The van der Waals surface area contributed by atoms with Crippen LogP contribution in [0.5, 0.6) is 0 Å². The van der Waals surface area contributed by atoms with Crippen molar-refractivity contribution in [3.63, 3.8) is 0 Å². The molecule has 1 aliphatic rings. The van der Waals surface area contributed by atoms with Crippen LogP contribution in [0.25, 0.3) is 0 Å². The Morgan fingerprint density at radius 1 is 1.60 bits per heavy atom. The van der Waals surface area contributed by atoms with Crippen LogP contribution in [-0.4, -0.2) is 18.1 Å². The van der Waals surface area contributed by atoms with Crippen LogP contribution >= 0.6 is 0 Å². The lowest BCUT2D eigenvalue weighted by Crippen LogP contribution is -2.51. The van der Waals surface area contributed by atoms with Crippen molar-refractivity contribution in [2.45, 2.75) is 50.7 Å². The topological polar surface area (TPSA) is 51.2 Å². The van der Waals surface area contributed by atoms with Crippen LogP contribution in [0.4, 0.5) is 0 Å². The van der Waals surface area contributed by atoms with E-state index in [4.69, 9.17) is 10.2 Å². The molecule has 15 heavy (non-hydrogen) atoms. The van der Waals surface area contributed by atoms with Gasteiger partial charge in [0.25, 0.3) is 0 Å². The molecule has 84 valence electrons. The van der Waals surface area contributed by atoms with E-state index in [1.807, 2.05) is 12.1 Å². The number of hydrogen-bond acceptors (Lipinski definition) is 3. The van der Waals surface area contributed by atoms with E-state index >= 15 is 0 Å². The highest BCUT2D eigenvalue weighted by Crippen LogP contribution is 2.18. The molecule has 0 radical (unpaired) electrons. The minimum absolute atomic E-state index is 0.430. The quantitative estimate of drug-likeness (QED) is 0.774. The molecule has 1 fully saturated rings. The SMILES string of the molecule is CC(CCc1ccco1)NC1CC(N)C1. The molecular formula is C12H20N2O. The van der Waals surface area contributed by atoms with Crippen molar-refractivity contribution < 1.29 is 4.42 Å². The lowest BCUT2D eigenvalue weighted by molar-refractivity contribution is 0.265. The third-order valence-electron chi connectivity index (χ3n) is 3.10. The number of nitrogens with one attached hydrogen (secondary N) is 1. The second-order valence-electron chi connectivity index (χ2n) is 4.61. The Labute approximate surface area is 91.0 Å². The van der Waals surface area contributed by atoms with E-state index in [0.29, 0.717) is 18.1 Å². The van der Waals surface area contributed by atoms with Gasteiger partial charge in [-0.25, -0.2) is 0 Å². The fraction of sp³-hybridized carbons (Fsp3) is 0.667. The average molecular weight is 208 g/mol. The van der Waals surface area contributed by atoms with Gasteiger partial charge in [-0.15, -0.1) is 0 Å². The first-order chi connectivity index (χ1) is 7.24. The van der Waals surface area contributed by atoms with E-state index in [-0.39, 0.29) is 0 Å². The molecule has 3 nitrogen and oxygen atoms in total. The van der Waals surface area contributed by atoms with Crippen molar-refractivity contribution in [2.24, 2.45) is 5.73 Å². The molecule has 1 aliphatic carbocycles. The van der Waals surface area contributed by atoms with Crippen LogP contribution in [0, 0.1) is 0 Å². The smallest absolute Gasteiger partial charge is 0.103 e. The summed E-state index contributed by atoms with van der Waals surface area (Å²) in [5, 5.41) is 3.59. The number of rotatable bonds is 5. The fourth-order valence-electron chi connectivity index (χ4n) is 2.10. The first-order valence-corrected chi connectivity index (χ1v) is 5.78. The molecule has 0 spiro atoms. The predicted octanol–water partition coefficient (Wildman–Crippen LogP) is 1.68. The molecule has 0 bridgehead atoms. The largest absolute Gasteiger partial charge is 0.469 e. The molecule has 1 heterocycles. The second-order valence-corrected chi connectivity index (χ2v) is 4.61. The summed E-state index contributed by atoms with van der Waals surface area (Å²) in [6.45, 7) is 2.23. The molecule has 3 N–H and O–H groups in total. The lowest BCUT2D eigenvalue weighted by atomic mass is 9.87. The van der Waals surface area contributed by atoms with Gasteiger partial charge in [-0.1, -0.05) is 0 Å². The summed E-state index contributed by atoms with van der Waals surface area (Å²) in [7, 11) is 0. The first-order valence-electron chi connectivity index (χ1n) is 5.78. The van der Waals surface area contributed by atoms with E-state index < -0.39 is 0 Å². The van der Waals surface area contributed by atoms with E-state index in [2.05, 4.69) is 12.2 Å². The molecule has 0 aliphatic heterocycles. The van der Waals surface area contributed by atoms with Crippen molar-refractivity contribution in [2.75, 3.05) is 0 Å². The summed E-state index contributed by atoms with van der Waals surface area (Å²) < 4.78 is 5.30. The van der Waals surface area contributed by atoms with Gasteiger partial charge in [-0.2, -0.15) is 0 Å². The maximum absolute atomic E-state index is 5.74. The van der Waals surface area contributed by atoms with Crippen LogP contribution < -0.4 is 11.1 Å². The fourth-order valence-corrected chi connectivity index (χ4v) is 2.10. The second kappa shape index (κ2) is 4.81. The summed E-state index contributed by atoms with van der Waals surface area (Å²) in [6.07, 6.45) is 6.13. The summed E-state index contributed by atoms with van der Waals surface area (Å²) in [4.78, 5) is 0. The molecule has 2 rings (SSSR count). The molecular weight excluding hydrogens is 188 g/mol. The van der Waals surface area contributed by atoms with Crippen LogP contribution in [-0.2, 0) is 6.42 Å². The summed E-state index contributed by atoms with van der Waals surface area (Å²) in [5.74, 6) is 1.08. The van der Waals surface area contributed by atoms with Gasteiger partial charge in [0.1, 0.15) is 5.76 Å². The highest BCUT2D eigenvalue weighted by Gasteiger charge is 2.26. The molecule has 1 unspecified atom stereocenters. The van der Waals surface area contributed by atoms with Gasteiger partial charge < -0.3 is 15.5 Å². The predicted molar refractivity (Wildman–Crippen MR) is 60.6 cm³/mol. The summed E-state index contributed by atoms with van der Waals surface area (Å²) in [5.41, 5.74) is 5.74. The van der Waals surface area contributed by atoms with Crippen molar-refractivity contribution in [3.05, 3.63) is 24.2 Å². The van der Waals surface area contributed by atoms with Crippen LogP contribution in [0.15, 0.2) is 22.8 Å². The average Bonchev–Trinajstić information content (AvgIpc) is 2.65. The Bertz CT molecular complexity index is 278. The van der Waals surface area contributed by atoms with Crippen LogP contribution in [0.2, 0.25) is 0 Å². The maximum atomic E-state index is 5.74. The highest BCUT2D eigenvalue weighted by molar-refractivity contribution is 4.98. The van der Waals surface area contributed by atoms with Gasteiger partial charge in [0.2, 0.25) is 0 Å². The van der Waals surface area contributed by atoms with E-state index in [9.17, 15) is 0 Å². The first kappa shape index (κ1) is 10.7. The molecule has 0 aromatic carbocycles. The normalized spacial score (nSPS) is 27.3. The van der Waals surface area contributed by atoms with Gasteiger partial charge in [-0.3, -0.25) is 0 Å². The van der Waals surface area contributed by atoms with Gasteiger partial charge in [0, 0.05) is 24.5 Å². The van der Waals surface area contributed by atoms with E-state index in [1.165, 1.54) is 0 Å². The number of aryl methyl sites for hydroxylation is 1. The minimum atomic E-state index is 0.430. The van der Waals surface area contributed by atoms with Crippen molar-refractivity contribution in [1.82, 2.24) is 5.32 Å². The van der Waals surface area contributed by atoms with Crippen molar-refractivity contribution >= 4 is 0 Å². The number of nitrogens with two attached hydrogens (primary N) is 1. The molecule has 1 aromatic heterocycles. The zero-order valence-corrected chi connectivity index (χ0v) is 9.28. The molecule has 3 heteroatoms. The zero-order chi connectivity index (χ0) is 10.7. The van der Waals surface area contributed by atoms with Gasteiger partial charge >= 0.3 is 0 Å². The molecule has 1 aromatic rings. The molecule has 0 saturated heterocycles.